The average molecular weight is 198 g/mol. The van der Waals surface area contributed by atoms with Crippen molar-refractivity contribution >= 4 is 5.97 Å². The number of likely N-dealkylation sites (N-methyl/N-ethyl adjacent to an activating group) is 1. The summed E-state index contributed by atoms with van der Waals surface area (Å²) in [6.45, 7) is 12.7. The number of carbonyl (C=O) groups excluding carboxylic acids is 1. The number of rotatable bonds is 6. The molecular weight excluding hydrogens is 178 g/mol. The molecule has 0 N–H and O–H groups in total. The Balaban J connectivity index is 4.43. The summed E-state index contributed by atoms with van der Waals surface area (Å²) in [7, 11) is 2.03. The number of hydrogen-bond donors (Lipinski definition) is 0. The van der Waals surface area contributed by atoms with Crippen molar-refractivity contribution in [3.63, 3.8) is 0 Å². The zero-order valence-corrected chi connectivity index (χ0v) is 9.32. The van der Waals surface area contributed by atoms with E-state index < -0.39 is 0 Å². The molecule has 0 fully saturated rings. The van der Waals surface area contributed by atoms with Gasteiger partial charge < -0.3 is 4.74 Å². The molecule has 0 spiro atoms. The first kappa shape index (κ1) is 12.9. The van der Waals surface area contributed by atoms with Crippen LogP contribution >= 0.6 is 0 Å². The molecular formula is C11H20NO2+. The normalized spacial score (nSPS) is 16.5. The van der Waals surface area contributed by atoms with Gasteiger partial charge in [-0.1, -0.05) is 13.2 Å². The quantitative estimate of drug-likeness (QED) is 0.213. The monoisotopic (exact) mass is 198 g/mol. The van der Waals surface area contributed by atoms with Crippen molar-refractivity contribution in [2.24, 2.45) is 0 Å². The molecule has 2 unspecified atom stereocenters. The molecule has 3 heteroatoms. The molecule has 0 aromatic carbocycles. The highest BCUT2D eigenvalue weighted by atomic mass is 16.6. The highest BCUT2D eigenvalue weighted by Gasteiger charge is 2.28. The van der Waals surface area contributed by atoms with E-state index in [2.05, 4.69) is 20.1 Å². The SMILES string of the molecule is C=CC[N+](C)(CC)C(C)OC(=O)C=C. The first-order valence-corrected chi connectivity index (χ1v) is 4.78. The second-order valence-corrected chi connectivity index (χ2v) is 3.51. The van der Waals surface area contributed by atoms with Crippen LogP contribution in [-0.2, 0) is 9.53 Å². The van der Waals surface area contributed by atoms with Crippen molar-refractivity contribution in [3.05, 3.63) is 25.3 Å². The summed E-state index contributed by atoms with van der Waals surface area (Å²) in [4.78, 5) is 11.0. The third kappa shape index (κ3) is 3.34. The second-order valence-electron chi connectivity index (χ2n) is 3.51. The van der Waals surface area contributed by atoms with Gasteiger partial charge in [0, 0.05) is 13.0 Å². The van der Waals surface area contributed by atoms with Gasteiger partial charge in [0.15, 0.2) is 0 Å². The van der Waals surface area contributed by atoms with Gasteiger partial charge in [0.05, 0.1) is 20.1 Å². The third-order valence-electron chi connectivity index (χ3n) is 2.60. The molecule has 0 aliphatic rings. The van der Waals surface area contributed by atoms with Crippen molar-refractivity contribution in [2.45, 2.75) is 20.1 Å². The van der Waals surface area contributed by atoms with Crippen LogP contribution in [-0.4, -0.2) is 36.8 Å². The van der Waals surface area contributed by atoms with Gasteiger partial charge in [0.25, 0.3) is 0 Å². The first-order valence-electron chi connectivity index (χ1n) is 4.78. The van der Waals surface area contributed by atoms with Crippen LogP contribution in [0.15, 0.2) is 25.3 Å². The van der Waals surface area contributed by atoms with Gasteiger partial charge in [-0.3, -0.25) is 4.48 Å². The van der Waals surface area contributed by atoms with Crippen LogP contribution in [0, 0.1) is 0 Å². The molecule has 0 amide bonds. The van der Waals surface area contributed by atoms with Crippen molar-refractivity contribution in [3.8, 4) is 0 Å². The topological polar surface area (TPSA) is 26.3 Å². The maximum atomic E-state index is 11.0. The van der Waals surface area contributed by atoms with E-state index in [1.54, 1.807) is 0 Å². The second kappa shape index (κ2) is 5.60. The lowest BCUT2D eigenvalue weighted by atomic mass is 10.3. The molecule has 2 atom stereocenters. The fourth-order valence-electron chi connectivity index (χ4n) is 1.17. The summed E-state index contributed by atoms with van der Waals surface area (Å²) in [5.74, 6) is -0.376. The van der Waals surface area contributed by atoms with Gasteiger partial charge in [-0.25, -0.2) is 4.79 Å². The predicted molar refractivity (Wildman–Crippen MR) is 57.5 cm³/mol. The summed E-state index contributed by atoms with van der Waals surface area (Å²) in [5.41, 5.74) is 0. The molecule has 0 radical (unpaired) electrons. The van der Waals surface area contributed by atoms with Crippen LogP contribution in [0.4, 0.5) is 0 Å². The molecule has 0 aromatic heterocycles. The molecule has 14 heavy (non-hydrogen) atoms. The Labute approximate surface area is 86.3 Å². The average Bonchev–Trinajstić information content (AvgIpc) is 2.17. The number of ether oxygens (including phenoxy) is 1. The standard InChI is InChI=1S/C11H20NO2/c1-6-9-12(5,8-3)10(4)14-11(13)7-2/h6-7,10H,1-2,8-9H2,3-5H3/q+1. The molecule has 3 nitrogen and oxygen atoms in total. The molecule has 80 valence electrons. The van der Waals surface area contributed by atoms with Gasteiger partial charge in [-0.2, -0.15) is 0 Å². The molecule has 0 saturated heterocycles. The number of esters is 1. The Morgan fingerprint density at radius 1 is 1.57 bits per heavy atom. The van der Waals surface area contributed by atoms with Crippen LogP contribution in [0.3, 0.4) is 0 Å². The first-order chi connectivity index (χ1) is 6.50. The lowest BCUT2D eigenvalue weighted by molar-refractivity contribution is -0.943. The third-order valence-corrected chi connectivity index (χ3v) is 2.60. The van der Waals surface area contributed by atoms with Crippen molar-refractivity contribution < 1.29 is 14.0 Å². The van der Waals surface area contributed by atoms with E-state index in [1.165, 1.54) is 6.08 Å². The Bertz CT molecular complexity index is 225. The van der Waals surface area contributed by atoms with E-state index in [0.717, 1.165) is 13.1 Å². The molecule has 0 bridgehead atoms. The van der Waals surface area contributed by atoms with E-state index >= 15 is 0 Å². The minimum Gasteiger partial charge on any atom is -0.410 e. The van der Waals surface area contributed by atoms with Crippen molar-refractivity contribution in [1.29, 1.82) is 0 Å². The predicted octanol–water partition coefficient (Wildman–Crippen LogP) is 1.71. The summed E-state index contributed by atoms with van der Waals surface area (Å²) >= 11 is 0. The summed E-state index contributed by atoms with van der Waals surface area (Å²) < 4.78 is 5.82. The number of quaternary nitrogens is 1. The Hall–Kier alpha value is -1.09. The molecule has 0 aliphatic carbocycles. The van der Waals surface area contributed by atoms with Crippen LogP contribution in [0.5, 0.6) is 0 Å². The van der Waals surface area contributed by atoms with Gasteiger partial charge >= 0.3 is 5.97 Å². The highest BCUT2D eigenvalue weighted by molar-refractivity contribution is 5.81. The van der Waals surface area contributed by atoms with Crippen LogP contribution in [0.2, 0.25) is 0 Å². The van der Waals surface area contributed by atoms with Gasteiger partial charge in [-0.15, -0.1) is 0 Å². The Kier molecular flexibility index (Phi) is 5.16. The van der Waals surface area contributed by atoms with E-state index in [1.807, 2.05) is 20.0 Å². The van der Waals surface area contributed by atoms with Gasteiger partial charge in [-0.05, 0) is 13.0 Å². The van der Waals surface area contributed by atoms with E-state index in [9.17, 15) is 4.79 Å². The van der Waals surface area contributed by atoms with Crippen molar-refractivity contribution in [2.75, 3.05) is 20.1 Å². The molecule has 0 aliphatic heterocycles. The zero-order chi connectivity index (χ0) is 11.2. The fourth-order valence-corrected chi connectivity index (χ4v) is 1.17. The highest BCUT2D eigenvalue weighted by Crippen LogP contribution is 2.11. The van der Waals surface area contributed by atoms with E-state index in [-0.39, 0.29) is 12.2 Å². The summed E-state index contributed by atoms with van der Waals surface area (Å²) in [5, 5.41) is 0. The Morgan fingerprint density at radius 2 is 2.14 bits per heavy atom. The molecule has 0 rings (SSSR count). The largest absolute Gasteiger partial charge is 0.410 e. The van der Waals surface area contributed by atoms with E-state index in [4.69, 9.17) is 4.74 Å². The number of nitrogens with zero attached hydrogens (tertiary/aromatic N) is 1. The maximum absolute atomic E-state index is 11.0. The lowest BCUT2D eigenvalue weighted by Crippen LogP contribution is -2.52. The van der Waals surface area contributed by atoms with Crippen molar-refractivity contribution in [1.82, 2.24) is 0 Å². The summed E-state index contributed by atoms with van der Waals surface area (Å²) in [6.07, 6.45) is 2.84. The molecule has 0 aromatic rings. The summed E-state index contributed by atoms with van der Waals surface area (Å²) in [6, 6.07) is 0. The van der Waals surface area contributed by atoms with Crippen LogP contribution < -0.4 is 0 Å². The zero-order valence-electron chi connectivity index (χ0n) is 9.32. The lowest BCUT2D eigenvalue weighted by Gasteiger charge is -2.36. The van der Waals surface area contributed by atoms with E-state index in [0.29, 0.717) is 4.48 Å². The fraction of sp³-hybridized carbons (Fsp3) is 0.545. The molecule has 0 saturated carbocycles. The smallest absolute Gasteiger partial charge is 0.334 e. The van der Waals surface area contributed by atoms with Gasteiger partial charge in [0.2, 0.25) is 6.23 Å². The van der Waals surface area contributed by atoms with Gasteiger partial charge in [0.1, 0.15) is 0 Å². The van der Waals surface area contributed by atoms with Crippen LogP contribution in [0.25, 0.3) is 0 Å². The minimum atomic E-state index is -0.376. The number of carbonyl (C=O) groups is 1. The minimum absolute atomic E-state index is 0.177. The Morgan fingerprint density at radius 3 is 2.50 bits per heavy atom. The van der Waals surface area contributed by atoms with Crippen LogP contribution in [0.1, 0.15) is 13.8 Å². The number of hydrogen-bond acceptors (Lipinski definition) is 2. The maximum Gasteiger partial charge on any atom is 0.334 e. The molecule has 0 heterocycles.